The van der Waals surface area contributed by atoms with Crippen molar-refractivity contribution in [3.05, 3.63) is 35.9 Å². The number of aromatic amines is 1. The quantitative estimate of drug-likeness (QED) is 0.851. The highest BCUT2D eigenvalue weighted by Gasteiger charge is 2.31. The van der Waals surface area contributed by atoms with E-state index in [-0.39, 0.29) is 0 Å². The predicted molar refractivity (Wildman–Crippen MR) is 90.3 cm³/mol. The standard InChI is InChI=1S/C18H26N4/c1-11(2)15-7-13(12(3)6-14(15)9-19)8-18-21-16-4-5-20-10-17(16)22-18/h4-6,10-11,13-15H,7-9,19H2,1-3H3,(H,21,22)/t13-,14-,15-/m0/s1. The van der Waals surface area contributed by atoms with E-state index in [0.29, 0.717) is 23.7 Å². The Balaban J connectivity index is 1.81. The Morgan fingerprint density at radius 1 is 1.41 bits per heavy atom. The van der Waals surface area contributed by atoms with Gasteiger partial charge in [-0.05, 0) is 49.6 Å². The Morgan fingerprint density at radius 3 is 2.91 bits per heavy atom. The third-order valence-corrected chi connectivity index (χ3v) is 5.13. The summed E-state index contributed by atoms with van der Waals surface area (Å²) in [5.74, 6) is 3.49. The largest absolute Gasteiger partial charge is 0.341 e. The Labute approximate surface area is 132 Å². The van der Waals surface area contributed by atoms with Crippen molar-refractivity contribution < 1.29 is 0 Å². The molecule has 0 bridgehead atoms. The fourth-order valence-electron chi connectivity index (χ4n) is 3.78. The second-order valence-corrected chi connectivity index (χ2v) is 6.93. The van der Waals surface area contributed by atoms with Gasteiger partial charge in [0.05, 0.1) is 17.2 Å². The minimum absolute atomic E-state index is 0.524. The van der Waals surface area contributed by atoms with E-state index in [1.807, 2.05) is 12.3 Å². The van der Waals surface area contributed by atoms with Gasteiger partial charge in [0.15, 0.2) is 0 Å². The van der Waals surface area contributed by atoms with Crippen molar-refractivity contribution in [2.75, 3.05) is 6.54 Å². The number of nitrogens with one attached hydrogen (secondary N) is 1. The fraction of sp³-hybridized carbons (Fsp3) is 0.556. The van der Waals surface area contributed by atoms with Crippen molar-refractivity contribution in [3.8, 4) is 0 Å². The summed E-state index contributed by atoms with van der Waals surface area (Å²) < 4.78 is 0. The van der Waals surface area contributed by atoms with E-state index < -0.39 is 0 Å². The van der Waals surface area contributed by atoms with Gasteiger partial charge in [0, 0.05) is 12.6 Å². The van der Waals surface area contributed by atoms with Gasteiger partial charge in [0.25, 0.3) is 0 Å². The molecule has 0 fully saturated rings. The molecule has 0 aromatic carbocycles. The number of nitrogens with two attached hydrogens (primary N) is 1. The number of fused-ring (bicyclic) bond motifs is 1. The smallest absolute Gasteiger partial charge is 0.107 e. The van der Waals surface area contributed by atoms with Crippen LogP contribution >= 0.6 is 0 Å². The maximum absolute atomic E-state index is 5.97. The van der Waals surface area contributed by atoms with E-state index >= 15 is 0 Å². The number of aromatic nitrogens is 3. The molecule has 0 unspecified atom stereocenters. The van der Waals surface area contributed by atoms with Gasteiger partial charge in [-0.2, -0.15) is 0 Å². The number of imidazole rings is 1. The molecule has 2 aromatic heterocycles. The van der Waals surface area contributed by atoms with Crippen LogP contribution in [0.2, 0.25) is 0 Å². The fourth-order valence-corrected chi connectivity index (χ4v) is 3.78. The molecule has 118 valence electrons. The molecule has 0 saturated heterocycles. The summed E-state index contributed by atoms with van der Waals surface area (Å²) in [7, 11) is 0. The van der Waals surface area contributed by atoms with Crippen LogP contribution in [0.15, 0.2) is 30.1 Å². The number of rotatable bonds is 4. The summed E-state index contributed by atoms with van der Waals surface area (Å²) in [5.41, 5.74) is 9.46. The lowest BCUT2D eigenvalue weighted by Gasteiger charge is -2.36. The normalized spacial score (nSPS) is 25.7. The molecular formula is C18H26N4. The molecule has 1 aliphatic carbocycles. The number of nitrogens with zero attached hydrogens (tertiary/aromatic N) is 2. The zero-order chi connectivity index (χ0) is 15.7. The Kier molecular flexibility index (Phi) is 4.30. The predicted octanol–water partition coefficient (Wildman–Crippen LogP) is 3.31. The second kappa shape index (κ2) is 6.21. The van der Waals surface area contributed by atoms with Gasteiger partial charge in [-0.25, -0.2) is 4.98 Å². The van der Waals surface area contributed by atoms with Crippen LogP contribution in [0.5, 0.6) is 0 Å². The van der Waals surface area contributed by atoms with Crippen LogP contribution in [0.25, 0.3) is 11.0 Å². The van der Waals surface area contributed by atoms with E-state index in [1.54, 1.807) is 6.20 Å². The molecule has 3 rings (SSSR count). The highest BCUT2D eigenvalue weighted by atomic mass is 14.9. The summed E-state index contributed by atoms with van der Waals surface area (Å²) in [6, 6.07) is 1.96. The molecule has 3 N–H and O–H groups in total. The molecule has 0 aliphatic heterocycles. The molecule has 3 atom stereocenters. The number of pyridine rings is 1. The van der Waals surface area contributed by atoms with Gasteiger partial charge in [0.2, 0.25) is 0 Å². The van der Waals surface area contributed by atoms with Crippen LogP contribution in [0.4, 0.5) is 0 Å². The van der Waals surface area contributed by atoms with Crippen molar-refractivity contribution in [2.45, 2.75) is 33.6 Å². The maximum atomic E-state index is 5.97. The van der Waals surface area contributed by atoms with E-state index in [2.05, 4.69) is 36.8 Å². The van der Waals surface area contributed by atoms with Gasteiger partial charge < -0.3 is 10.7 Å². The van der Waals surface area contributed by atoms with E-state index in [0.717, 1.165) is 29.8 Å². The minimum Gasteiger partial charge on any atom is -0.341 e. The lowest BCUT2D eigenvalue weighted by molar-refractivity contribution is 0.230. The average Bonchev–Trinajstić information content (AvgIpc) is 2.90. The summed E-state index contributed by atoms with van der Waals surface area (Å²) in [6.45, 7) is 7.62. The first-order valence-electron chi connectivity index (χ1n) is 8.25. The number of hydrogen-bond donors (Lipinski definition) is 2. The summed E-state index contributed by atoms with van der Waals surface area (Å²) in [6.07, 6.45) is 8.22. The van der Waals surface area contributed by atoms with Crippen LogP contribution in [0.1, 0.15) is 33.0 Å². The van der Waals surface area contributed by atoms with E-state index in [1.165, 1.54) is 12.0 Å². The third-order valence-electron chi connectivity index (χ3n) is 5.13. The molecule has 1 aliphatic rings. The van der Waals surface area contributed by atoms with Crippen molar-refractivity contribution in [1.29, 1.82) is 0 Å². The van der Waals surface area contributed by atoms with Gasteiger partial charge in [0.1, 0.15) is 5.82 Å². The Hall–Kier alpha value is -1.68. The van der Waals surface area contributed by atoms with Gasteiger partial charge in [-0.15, -0.1) is 0 Å². The topological polar surface area (TPSA) is 67.6 Å². The van der Waals surface area contributed by atoms with Crippen LogP contribution in [0, 0.1) is 23.7 Å². The van der Waals surface area contributed by atoms with Crippen molar-refractivity contribution in [3.63, 3.8) is 0 Å². The molecule has 22 heavy (non-hydrogen) atoms. The zero-order valence-electron chi connectivity index (χ0n) is 13.7. The molecule has 0 spiro atoms. The molecular weight excluding hydrogens is 272 g/mol. The van der Waals surface area contributed by atoms with Gasteiger partial charge >= 0.3 is 0 Å². The molecule has 0 saturated carbocycles. The highest BCUT2D eigenvalue weighted by molar-refractivity contribution is 5.73. The van der Waals surface area contributed by atoms with Crippen molar-refractivity contribution >= 4 is 11.0 Å². The second-order valence-electron chi connectivity index (χ2n) is 6.93. The average molecular weight is 298 g/mol. The van der Waals surface area contributed by atoms with E-state index in [4.69, 9.17) is 10.7 Å². The molecule has 4 nitrogen and oxygen atoms in total. The maximum Gasteiger partial charge on any atom is 0.107 e. The molecule has 4 heteroatoms. The van der Waals surface area contributed by atoms with Crippen LogP contribution < -0.4 is 5.73 Å². The van der Waals surface area contributed by atoms with Crippen LogP contribution in [0.3, 0.4) is 0 Å². The van der Waals surface area contributed by atoms with Crippen LogP contribution in [-0.2, 0) is 6.42 Å². The lowest BCUT2D eigenvalue weighted by atomic mass is 9.70. The number of hydrogen-bond acceptors (Lipinski definition) is 3. The zero-order valence-corrected chi connectivity index (χ0v) is 13.7. The van der Waals surface area contributed by atoms with Gasteiger partial charge in [-0.3, -0.25) is 4.98 Å². The molecule has 0 radical (unpaired) electrons. The summed E-state index contributed by atoms with van der Waals surface area (Å²) >= 11 is 0. The van der Waals surface area contributed by atoms with E-state index in [9.17, 15) is 0 Å². The summed E-state index contributed by atoms with van der Waals surface area (Å²) in [4.78, 5) is 12.3. The third kappa shape index (κ3) is 2.93. The SMILES string of the molecule is CC1=C[C@@H](CN)[C@H](C(C)C)C[C@H]1Cc1nc2ccncc2[nH]1. The minimum atomic E-state index is 0.524. The Morgan fingerprint density at radius 2 is 2.23 bits per heavy atom. The number of H-pyrrole nitrogens is 1. The number of allylic oxidation sites excluding steroid dienone is 1. The molecule has 2 heterocycles. The van der Waals surface area contributed by atoms with Gasteiger partial charge in [-0.1, -0.05) is 25.5 Å². The Bertz CT molecular complexity index is 638. The first-order valence-corrected chi connectivity index (χ1v) is 8.25. The van der Waals surface area contributed by atoms with Crippen LogP contribution in [-0.4, -0.2) is 21.5 Å². The molecule has 0 amide bonds. The van der Waals surface area contributed by atoms with Crippen molar-refractivity contribution in [1.82, 2.24) is 15.0 Å². The highest BCUT2D eigenvalue weighted by Crippen LogP contribution is 2.38. The molecule has 2 aromatic rings. The lowest BCUT2D eigenvalue weighted by Crippen LogP contribution is -2.32. The summed E-state index contributed by atoms with van der Waals surface area (Å²) in [5, 5.41) is 0. The first-order chi connectivity index (χ1) is 10.6. The monoisotopic (exact) mass is 298 g/mol. The van der Waals surface area contributed by atoms with Crippen molar-refractivity contribution in [2.24, 2.45) is 29.4 Å². The first kappa shape index (κ1) is 15.2.